The Kier molecular flexibility index (Phi) is 4.15. The Hall–Kier alpha value is -1.94. The topological polar surface area (TPSA) is 30.7 Å². The van der Waals surface area contributed by atoms with Gasteiger partial charge < -0.3 is 0 Å². The molecule has 0 saturated heterocycles. The number of aryl methyl sites for hydroxylation is 1. The predicted molar refractivity (Wildman–Crippen MR) is 88.0 cm³/mol. The molecule has 2 aromatic carbocycles. The molecule has 0 unspecified atom stereocenters. The maximum atomic E-state index is 4.37. The maximum absolute atomic E-state index is 4.37. The van der Waals surface area contributed by atoms with E-state index >= 15 is 0 Å². The van der Waals surface area contributed by atoms with Gasteiger partial charge in [0.05, 0.1) is 5.33 Å². The van der Waals surface area contributed by atoms with Crippen molar-refractivity contribution in [1.82, 2.24) is 14.8 Å². The molecular weight excluding hydrogens is 326 g/mol. The Balaban J connectivity index is 2.02. The normalized spacial score (nSPS) is 10.8. The Labute approximate surface area is 132 Å². The number of hydrogen-bond donors (Lipinski definition) is 0. The molecule has 3 aromatic rings. The van der Waals surface area contributed by atoms with E-state index in [1.807, 2.05) is 18.2 Å². The van der Waals surface area contributed by atoms with Crippen LogP contribution < -0.4 is 0 Å². The molecule has 0 aliphatic carbocycles. The van der Waals surface area contributed by atoms with Gasteiger partial charge >= 0.3 is 0 Å². The molecule has 0 fully saturated rings. The minimum Gasteiger partial charge on any atom is -0.282 e. The van der Waals surface area contributed by atoms with Gasteiger partial charge in [-0.3, -0.25) is 4.57 Å². The molecule has 1 aromatic heterocycles. The first-order valence-corrected chi connectivity index (χ1v) is 8.00. The van der Waals surface area contributed by atoms with Crippen molar-refractivity contribution in [2.24, 2.45) is 0 Å². The van der Waals surface area contributed by atoms with Crippen LogP contribution in [0.1, 0.15) is 22.8 Å². The summed E-state index contributed by atoms with van der Waals surface area (Å²) in [5.41, 5.74) is 3.61. The van der Waals surface area contributed by atoms with E-state index in [0.717, 1.165) is 23.8 Å². The van der Waals surface area contributed by atoms with E-state index in [-0.39, 0.29) is 0 Å². The number of halogens is 1. The molecule has 0 atom stereocenters. The number of nitrogens with zero attached hydrogens (tertiary/aromatic N) is 3. The van der Waals surface area contributed by atoms with Crippen molar-refractivity contribution in [3.05, 3.63) is 77.4 Å². The van der Waals surface area contributed by atoms with Gasteiger partial charge in [0.25, 0.3) is 0 Å². The van der Waals surface area contributed by atoms with Crippen molar-refractivity contribution in [1.29, 1.82) is 0 Å². The molecule has 0 amide bonds. The third kappa shape index (κ3) is 3.05. The lowest BCUT2D eigenvalue weighted by atomic mass is 10.1. The summed E-state index contributed by atoms with van der Waals surface area (Å²) < 4.78 is 2.12. The summed E-state index contributed by atoms with van der Waals surface area (Å²) in [4.78, 5) is 0. The Bertz CT molecular complexity index is 735. The van der Waals surface area contributed by atoms with Crippen LogP contribution in [0.5, 0.6) is 0 Å². The predicted octanol–water partition coefficient (Wildman–Crippen LogP) is 4.06. The van der Waals surface area contributed by atoms with E-state index in [1.54, 1.807) is 0 Å². The molecule has 21 heavy (non-hydrogen) atoms. The van der Waals surface area contributed by atoms with Crippen LogP contribution in [-0.4, -0.2) is 14.8 Å². The molecule has 0 spiro atoms. The zero-order valence-electron chi connectivity index (χ0n) is 11.8. The molecule has 3 rings (SSSR count). The third-order valence-electron chi connectivity index (χ3n) is 3.38. The van der Waals surface area contributed by atoms with Gasteiger partial charge in [-0.1, -0.05) is 64.0 Å². The number of rotatable bonds is 4. The van der Waals surface area contributed by atoms with E-state index in [4.69, 9.17) is 0 Å². The zero-order valence-corrected chi connectivity index (χ0v) is 13.4. The summed E-state index contributed by atoms with van der Waals surface area (Å²) in [5.74, 6) is 1.88. The summed E-state index contributed by atoms with van der Waals surface area (Å²) in [6, 6.07) is 18.7. The zero-order chi connectivity index (χ0) is 14.7. The first kappa shape index (κ1) is 14.0. The van der Waals surface area contributed by atoms with Crippen LogP contribution in [0, 0.1) is 6.92 Å². The molecule has 4 heteroatoms. The first-order chi connectivity index (χ1) is 10.3. The molecule has 0 aliphatic rings. The van der Waals surface area contributed by atoms with E-state index < -0.39 is 0 Å². The highest BCUT2D eigenvalue weighted by atomic mass is 79.9. The van der Waals surface area contributed by atoms with Crippen LogP contribution in [-0.2, 0) is 11.8 Å². The molecular formula is C17H16BrN3. The smallest absolute Gasteiger partial charge is 0.148 e. The lowest BCUT2D eigenvalue weighted by Gasteiger charge is -2.09. The van der Waals surface area contributed by atoms with Gasteiger partial charge in [-0.2, -0.15) is 0 Å². The average Bonchev–Trinajstić information content (AvgIpc) is 2.91. The minimum absolute atomic E-state index is 0.683. The second-order valence-electron chi connectivity index (χ2n) is 5.00. The van der Waals surface area contributed by atoms with Gasteiger partial charge in [-0.05, 0) is 24.6 Å². The summed E-state index contributed by atoms with van der Waals surface area (Å²) in [6.07, 6.45) is 0.774. The minimum atomic E-state index is 0.683. The Morgan fingerprint density at radius 2 is 1.71 bits per heavy atom. The average molecular weight is 342 g/mol. The molecule has 0 aliphatic heterocycles. The maximum Gasteiger partial charge on any atom is 0.148 e. The Morgan fingerprint density at radius 3 is 2.43 bits per heavy atom. The van der Waals surface area contributed by atoms with Crippen molar-refractivity contribution in [2.75, 3.05) is 0 Å². The van der Waals surface area contributed by atoms with Crippen LogP contribution in [0.25, 0.3) is 5.69 Å². The van der Waals surface area contributed by atoms with E-state index in [0.29, 0.717) is 5.33 Å². The SMILES string of the molecule is Cc1cccc(Cc2nnc(CBr)n2-c2ccccc2)c1. The molecule has 0 N–H and O–H groups in total. The highest BCUT2D eigenvalue weighted by Crippen LogP contribution is 2.18. The second kappa shape index (κ2) is 6.22. The monoisotopic (exact) mass is 341 g/mol. The fourth-order valence-corrected chi connectivity index (χ4v) is 2.80. The molecule has 0 saturated carbocycles. The second-order valence-corrected chi connectivity index (χ2v) is 5.56. The van der Waals surface area contributed by atoms with Crippen LogP contribution in [0.4, 0.5) is 0 Å². The van der Waals surface area contributed by atoms with Crippen molar-refractivity contribution in [3.8, 4) is 5.69 Å². The lowest BCUT2D eigenvalue weighted by Crippen LogP contribution is -2.05. The third-order valence-corrected chi connectivity index (χ3v) is 3.88. The number of benzene rings is 2. The fourth-order valence-electron chi connectivity index (χ4n) is 2.43. The van der Waals surface area contributed by atoms with Crippen LogP contribution in [0.2, 0.25) is 0 Å². The summed E-state index contributed by atoms with van der Waals surface area (Å²) in [7, 11) is 0. The lowest BCUT2D eigenvalue weighted by molar-refractivity contribution is 0.888. The Morgan fingerprint density at radius 1 is 0.952 bits per heavy atom. The summed E-state index contributed by atoms with van der Waals surface area (Å²) >= 11 is 3.49. The van der Waals surface area contributed by atoms with Crippen molar-refractivity contribution in [3.63, 3.8) is 0 Å². The van der Waals surface area contributed by atoms with Crippen LogP contribution in [0.15, 0.2) is 54.6 Å². The van der Waals surface area contributed by atoms with Crippen LogP contribution >= 0.6 is 15.9 Å². The summed E-state index contributed by atoms with van der Waals surface area (Å²) in [5, 5.41) is 9.35. The van der Waals surface area contributed by atoms with Crippen molar-refractivity contribution < 1.29 is 0 Å². The molecule has 0 radical (unpaired) electrons. The van der Waals surface area contributed by atoms with Crippen molar-refractivity contribution in [2.45, 2.75) is 18.7 Å². The standard InChI is InChI=1S/C17H16BrN3/c1-13-6-5-7-14(10-13)11-16-19-20-17(12-18)21(16)15-8-3-2-4-9-15/h2-10H,11-12H2,1H3. The van der Waals surface area contributed by atoms with Gasteiger partial charge in [0, 0.05) is 12.1 Å². The van der Waals surface area contributed by atoms with Gasteiger partial charge in [-0.15, -0.1) is 10.2 Å². The molecule has 3 nitrogen and oxygen atoms in total. The van der Waals surface area contributed by atoms with E-state index in [9.17, 15) is 0 Å². The fraction of sp³-hybridized carbons (Fsp3) is 0.176. The first-order valence-electron chi connectivity index (χ1n) is 6.88. The van der Waals surface area contributed by atoms with Crippen molar-refractivity contribution >= 4 is 15.9 Å². The van der Waals surface area contributed by atoms with Gasteiger partial charge in [0.15, 0.2) is 0 Å². The summed E-state index contributed by atoms with van der Waals surface area (Å²) in [6.45, 7) is 2.11. The quantitative estimate of drug-likeness (QED) is 0.670. The highest BCUT2D eigenvalue weighted by Gasteiger charge is 2.13. The van der Waals surface area contributed by atoms with Gasteiger partial charge in [-0.25, -0.2) is 0 Å². The number of alkyl halides is 1. The molecule has 1 heterocycles. The molecule has 106 valence electrons. The van der Waals surface area contributed by atoms with Gasteiger partial charge in [0.2, 0.25) is 0 Å². The highest BCUT2D eigenvalue weighted by molar-refractivity contribution is 9.08. The van der Waals surface area contributed by atoms with E-state index in [2.05, 4.69) is 74.0 Å². The largest absolute Gasteiger partial charge is 0.282 e. The molecule has 0 bridgehead atoms. The number of hydrogen-bond acceptors (Lipinski definition) is 2. The number of para-hydroxylation sites is 1. The number of aromatic nitrogens is 3. The van der Waals surface area contributed by atoms with Gasteiger partial charge in [0.1, 0.15) is 11.6 Å². The van der Waals surface area contributed by atoms with E-state index in [1.165, 1.54) is 11.1 Å². The van der Waals surface area contributed by atoms with Crippen LogP contribution in [0.3, 0.4) is 0 Å².